The van der Waals surface area contributed by atoms with Gasteiger partial charge >= 0.3 is 17.9 Å². The van der Waals surface area contributed by atoms with Crippen molar-refractivity contribution in [2.45, 2.75) is 382 Å². The Hall–Kier alpha value is -1.59. The topological polar surface area (TPSA) is 78.9 Å². The first-order valence-electron chi connectivity index (χ1n) is 33.1. The van der Waals surface area contributed by atoms with Gasteiger partial charge < -0.3 is 14.2 Å². The van der Waals surface area contributed by atoms with Crippen LogP contribution in [0.25, 0.3) is 0 Å². The molecule has 0 N–H and O–H groups in total. The number of esters is 3. The van der Waals surface area contributed by atoms with Crippen molar-refractivity contribution >= 4 is 17.9 Å². The molecule has 6 heteroatoms. The number of carbonyl (C=O) groups is 3. The summed E-state index contributed by atoms with van der Waals surface area (Å²) >= 11 is 0. The Balaban J connectivity index is 4.29. The molecule has 0 fully saturated rings. The zero-order chi connectivity index (χ0) is 53.3. The van der Waals surface area contributed by atoms with E-state index in [0.717, 1.165) is 75.5 Å². The summed E-state index contributed by atoms with van der Waals surface area (Å²) in [7, 11) is 0. The summed E-state index contributed by atoms with van der Waals surface area (Å²) < 4.78 is 17.0. The van der Waals surface area contributed by atoms with E-state index in [0.29, 0.717) is 19.3 Å². The molecular weight excluding hydrogens is 901 g/mol. The van der Waals surface area contributed by atoms with Gasteiger partial charge in [0.15, 0.2) is 6.10 Å². The molecule has 0 radical (unpaired) electrons. The lowest BCUT2D eigenvalue weighted by Gasteiger charge is -2.18. The Morgan fingerprint density at radius 1 is 0.274 bits per heavy atom. The van der Waals surface area contributed by atoms with E-state index < -0.39 is 6.10 Å². The van der Waals surface area contributed by atoms with Gasteiger partial charge in [-0.1, -0.05) is 337 Å². The molecule has 1 unspecified atom stereocenters. The van der Waals surface area contributed by atoms with E-state index in [1.807, 2.05) is 0 Å². The van der Waals surface area contributed by atoms with E-state index in [-0.39, 0.29) is 31.1 Å². The van der Waals surface area contributed by atoms with Crippen LogP contribution in [0.3, 0.4) is 0 Å². The second kappa shape index (κ2) is 58.1. The maximum atomic E-state index is 12.9. The minimum atomic E-state index is -0.765. The van der Waals surface area contributed by atoms with Gasteiger partial charge in [-0.05, 0) is 37.0 Å². The quantitative estimate of drug-likeness (QED) is 0.0343. The van der Waals surface area contributed by atoms with E-state index in [9.17, 15) is 14.4 Å². The smallest absolute Gasteiger partial charge is 0.306 e. The van der Waals surface area contributed by atoms with Crippen LogP contribution >= 0.6 is 0 Å². The predicted molar refractivity (Wildman–Crippen MR) is 316 cm³/mol. The van der Waals surface area contributed by atoms with Crippen molar-refractivity contribution in [3.63, 3.8) is 0 Å². The Morgan fingerprint density at radius 3 is 0.712 bits per heavy atom. The van der Waals surface area contributed by atoms with Crippen LogP contribution in [0, 0.1) is 17.8 Å². The number of unbranched alkanes of at least 4 members (excludes halogenated alkanes) is 42. The van der Waals surface area contributed by atoms with Gasteiger partial charge in [-0.3, -0.25) is 14.4 Å². The number of carbonyl (C=O) groups excluding carboxylic acids is 3. The monoisotopic (exact) mass is 1030 g/mol. The molecule has 0 saturated heterocycles. The molecule has 0 bridgehead atoms. The maximum Gasteiger partial charge on any atom is 0.306 e. The lowest BCUT2D eigenvalue weighted by atomic mass is 9.99. The van der Waals surface area contributed by atoms with Gasteiger partial charge in [0, 0.05) is 19.3 Å². The van der Waals surface area contributed by atoms with E-state index >= 15 is 0 Å². The van der Waals surface area contributed by atoms with Gasteiger partial charge in [-0.25, -0.2) is 0 Å². The molecule has 0 spiro atoms. The fourth-order valence-electron chi connectivity index (χ4n) is 10.4. The van der Waals surface area contributed by atoms with Crippen LogP contribution in [-0.2, 0) is 28.6 Å². The van der Waals surface area contributed by atoms with E-state index in [2.05, 4.69) is 41.5 Å². The van der Waals surface area contributed by atoms with Gasteiger partial charge in [0.25, 0.3) is 0 Å². The van der Waals surface area contributed by atoms with Crippen molar-refractivity contribution < 1.29 is 28.6 Å². The predicted octanol–water partition coefficient (Wildman–Crippen LogP) is 22.2. The van der Waals surface area contributed by atoms with Crippen molar-refractivity contribution in [3.8, 4) is 0 Å². The fourth-order valence-corrected chi connectivity index (χ4v) is 10.4. The first-order valence-corrected chi connectivity index (χ1v) is 33.1. The third kappa shape index (κ3) is 59.5. The zero-order valence-corrected chi connectivity index (χ0v) is 50.4. The second-order valence-corrected chi connectivity index (χ2v) is 24.3. The molecule has 6 nitrogen and oxygen atoms in total. The van der Waals surface area contributed by atoms with Crippen molar-refractivity contribution in [1.82, 2.24) is 0 Å². The van der Waals surface area contributed by atoms with Crippen molar-refractivity contribution in [3.05, 3.63) is 0 Å². The van der Waals surface area contributed by atoms with Gasteiger partial charge in [-0.15, -0.1) is 0 Å². The molecule has 0 aliphatic carbocycles. The highest BCUT2D eigenvalue weighted by Gasteiger charge is 2.20. The summed E-state index contributed by atoms with van der Waals surface area (Å²) in [5, 5.41) is 0. The van der Waals surface area contributed by atoms with E-state index in [4.69, 9.17) is 14.2 Å². The SMILES string of the molecule is CCC(C)CCCCCCCCCCCCCCCCC(=O)OC[C@@H](COC(=O)CCCCCCCCCCCCCCCCCCC(C)C)OC(=O)CCCCCCCCCCCCCCCCCC(C)C. The minimum Gasteiger partial charge on any atom is -0.462 e. The molecule has 434 valence electrons. The average Bonchev–Trinajstić information content (AvgIpc) is 3.37. The molecule has 73 heavy (non-hydrogen) atoms. The summed E-state index contributed by atoms with van der Waals surface area (Å²) in [6.45, 7) is 13.9. The first kappa shape index (κ1) is 71.4. The number of hydrogen-bond donors (Lipinski definition) is 0. The van der Waals surface area contributed by atoms with Crippen LogP contribution in [0.15, 0.2) is 0 Å². The van der Waals surface area contributed by atoms with Gasteiger partial charge in [0.05, 0.1) is 0 Å². The molecule has 0 aromatic heterocycles. The summed E-state index contributed by atoms with van der Waals surface area (Å²) in [4.78, 5) is 38.4. The highest BCUT2D eigenvalue weighted by atomic mass is 16.6. The number of ether oxygens (including phenoxy) is 3. The van der Waals surface area contributed by atoms with Crippen LogP contribution in [0.2, 0.25) is 0 Å². The van der Waals surface area contributed by atoms with Crippen molar-refractivity contribution in [1.29, 1.82) is 0 Å². The highest BCUT2D eigenvalue weighted by molar-refractivity contribution is 5.71. The molecule has 0 aliphatic rings. The molecule has 0 saturated carbocycles. The minimum absolute atomic E-state index is 0.0622. The lowest BCUT2D eigenvalue weighted by Crippen LogP contribution is -2.30. The average molecular weight is 1030 g/mol. The highest BCUT2D eigenvalue weighted by Crippen LogP contribution is 2.20. The van der Waals surface area contributed by atoms with Crippen LogP contribution in [0.5, 0.6) is 0 Å². The molecule has 0 heterocycles. The Labute approximate surface area is 457 Å². The van der Waals surface area contributed by atoms with Crippen molar-refractivity contribution in [2.24, 2.45) is 17.8 Å². The fraction of sp³-hybridized carbons (Fsp3) is 0.955. The Kier molecular flexibility index (Phi) is 56.8. The van der Waals surface area contributed by atoms with Crippen LogP contribution in [-0.4, -0.2) is 37.2 Å². The molecule has 0 aromatic rings. The third-order valence-electron chi connectivity index (χ3n) is 15.8. The van der Waals surface area contributed by atoms with Crippen molar-refractivity contribution in [2.75, 3.05) is 13.2 Å². The standard InChI is InChI=1S/C67H130O6/c1-7-63(6)55-49-43-37-31-25-19-15-16-21-27-33-39-45-51-57-66(69)72-60-64(73-67(70)58-52-46-40-34-28-22-14-10-12-18-24-30-36-42-48-54-62(4)5)59-71-65(68)56-50-44-38-32-26-20-13-9-8-11-17-23-29-35-41-47-53-61(2)3/h61-64H,7-60H2,1-6H3/t63?,64-/m1/s1. The summed E-state index contributed by atoms with van der Waals surface area (Å²) in [5.74, 6) is 1.76. The Morgan fingerprint density at radius 2 is 0.479 bits per heavy atom. The van der Waals surface area contributed by atoms with Crippen LogP contribution in [0.1, 0.15) is 375 Å². The van der Waals surface area contributed by atoms with Crippen LogP contribution < -0.4 is 0 Å². The molecule has 0 aliphatic heterocycles. The van der Waals surface area contributed by atoms with Gasteiger partial charge in [0.2, 0.25) is 0 Å². The molecule has 2 atom stereocenters. The van der Waals surface area contributed by atoms with E-state index in [1.54, 1.807) is 0 Å². The molecule has 0 rings (SSSR count). The summed E-state index contributed by atoms with van der Waals surface area (Å²) in [5.41, 5.74) is 0. The maximum absolute atomic E-state index is 12.9. The van der Waals surface area contributed by atoms with Crippen LogP contribution in [0.4, 0.5) is 0 Å². The number of rotatable bonds is 60. The normalized spacial score (nSPS) is 12.5. The van der Waals surface area contributed by atoms with Gasteiger partial charge in [0.1, 0.15) is 13.2 Å². The summed E-state index contributed by atoms with van der Waals surface area (Å²) in [6.07, 6.45) is 63.8. The number of hydrogen-bond acceptors (Lipinski definition) is 6. The molecular formula is C67H130O6. The molecule has 0 aromatic carbocycles. The zero-order valence-electron chi connectivity index (χ0n) is 50.4. The largest absolute Gasteiger partial charge is 0.462 e. The van der Waals surface area contributed by atoms with E-state index in [1.165, 1.54) is 257 Å². The van der Waals surface area contributed by atoms with Gasteiger partial charge in [-0.2, -0.15) is 0 Å². The lowest BCUT2D eigenvalue weighted by molar-refractivity contribution is -0.167. The third-order valence-corrected chi connectivity index (χ3v) is 15.8. The second-order valence-electron chi connectivity index (χ2n) is 24.3. The Bertz CT molecular complexity index is 1130. The molecule has 0 amide bonds. The first-order chi connectivity index (χ1) is 35.6. The summed E-state index contributed by atoms with van der Waals surface area (Å²) in [6, 6.07) is 0.